The van der Waals surface area contributed by atoms with Crippen molar-refractivity contribution in [2.45, 2.75) is 13.3 Å². The molecule has 2 atom stereocenters. The van der Waals surface area contributed by atoms with E-state index in [4.69, 9.17) is 0 Å². The van der Waals surface area contributed by atoms with Crippen LogP contribution in [0.5, 0.6) is 0 Å². The maximum absolute atomic E-state index is 11.7. The molecule has 1 aliphatic heterocycles. The van der Waals surface area contributed by atoms with Gasteiger partial charge >= 0.3 is 0 Å². The van der Waals surface area contributed by atoms with Gasteiger partial charge in [-0.2, -0.15) is 0 Å². The van der Waals surface area contributed by atoms with Crippen molar-refractivity contribution < 1.29 is 9.13 Å². The molecular weight excluding hydrogens is 83.0 g/mol. The lowest BCUT2D eigenvalue weighted by Crippen LogP contribution is -2.33. The van der Waals surface area contributed by atoms with E-state index in [1.54, 1.807) is 0 Å². The first-order valence-corrected chi connectivity index (χ1v) is 2.06. The summed E-state index contributed by atoms with van der Waals surface area (Å²) in [6.07, 6.45) is -0.968. The zero-order chi connectivity index (χ0) is 4.57. The van der Waals surface area contributed by atoms with E-state index in [1.165, 1.54) is 0 Å². The van der Waals surface area contributed by atoms with Gasteiger partial charge in [-0.05, 0) is 0 Å². The fraction of sp³-hybridized carbons (Fsp3) is 1.00. The molecule has 1 rings (SSSR count). The van der Waals surface area contributed by atoms with Crippen molar-refractivity contribution in [3.63, 3.8) is 0 Å². The quantitative estimate of drug-likeness (QED) is 0.430. The maximum Gasteiger partial charge on any atom is 0.203 e. The SMILES string of the molecule is CC1COC1F. The number of alkyl halides is 1. The van der Waals surface area contributed by atoms with Crippen molar-refractivity contribution in [1.29, 1.82) is 0 Å². The summed E-state index contributed by atoms with van der Waals surface area (Å²) in [7, 11) is 0. The fourth-order valence-corrected chi connectivity index (χ4v) is 0.361. The van der Waals surface area contributed by atoms with Gasteiger partial charge in [0.15, 0.2) is 0 Å². The summed E-state index contributed by atoms with van der Waals surface area (Å²) in [5.41, 5.74) is 0. The van der Waals surface area contributed by atoms with E-state index in [0.717, 1.165) is 0 Å². The summed E-state index contributed by atoms with van der Waals surface area (Å²) >= 11 is 0. The van der Waals surface area contributed by atoms with E-state index in [2.05, 4.69) is 4.74 Å². The third-order valence-electron chi connectivity index (χ3n) is 0.966. The highest BCUT2D eigenvalue weighted by atomic mass is 19.1. The normalized spacial score (nSPS) is 45.0. The first-order chi connectivity index (χ1) is 2.80. The summed E-state index contributed by atoms with van der Waals surface area (Å²) < 4.78 is 16.1. The lowest BCUT2D eigenvalue weighted by Gasteiger charge is -2.26. The average Bonchev–Trinajstić information content (AvgIpc) is 1.61. The van der Waals surface area contributed by atoms with E-state index >= 15 is 0 Å². The Labute approximate surface area is 36.1 Å². The Bertz CT molecular complexity index is 47.5. The van der Waals surface area contributed by atoms with Crippen molar-refractivity contribution in [1.82, 2.24) is 0 Å². The van der Waals surface area contributed by atoms with E-state index in [9.17, 15) is 4.39 Å². The molecule has 1 fully saturated rings. The monoisotopic (exact) mass is 90.0 g/mol. The molecule has 0 bridgehead atoms. The molecule has 6 heavy (non-hydrogen) atoms. The minimum absolute atomic E-state index is 0.144. The second-order valence-corrected chi connectivity index (χ2v) is 1.66. The minimum atomic E-state index is -0.968. The van der Waals surface area contributed by atoms with Crippen molar-refractivity contribution in [2.24, 2.45) is 5.92 Å². The van der Waals surface area contributed by atoms with Crippen LogP contribution in [0, 0.1) is 5.92 Å². The highest BCUT2D eigenvalue weighted by Crippen LogP contribution is 2.19. The molecule has 0 aromatic heterocycles. The van der Waals surface area contributed by atoms with Crippen molar-refractivity contribution in [3.05, 3.63) is 0 Å². The smallest absolute Gasteiger partial charge is 0.203 e. The highest BCUT2D eigenvalue weighted by molar-refractivity contribution is 4.63. The molecule has 2 heteroatoms. The predicted octanol–water partition coefficient (Wildman–Crippen LogP) is 0.948. The zero-order valence-electron chi connectivity index (χ0n) is 3.65. The summed E-state index contributed by atoms with van der Waals surface area (Å²) in [5.74, 6) is 0.144. The third kappa shape index (κ3) is 0.411. The molecule has 0 aromatic rings. The Morgan fingerprint density at radius 1 is 1.83 bits per heavy atom. The highest BCUT2D eigenvalue weighted by Gasteiger charge is 2.26. The summed E-state index contributed by atoms with van der Waals surface area (Å²) in [6.45, 7) is 2.43. The Morgan fingerprint density at radius 3 is 2.33 bits per heavy atom. The first kappa shape index (κ1) is 4.06. The van der Waals surface area contributed by atoms with Crippen molar-refractivity contribution >= 4 is 0 Å². The molecule has 1 nitrogen and oxygen atoms in total. The van der Waals surface area contributed by atoms with Gasteiger partial charge in [0.1, 0.15) is 0 Å². The molecule has 0 spiro atoms. The Morgan fingerprint density at radius 2 is 2.33 bits per heavy atom. The molecule has 1 aliphatic rings. The maximum atomic E-state index is 11.7. The number of hydrogen-bond donors (Lipinski definition) is 0. The second kappa shape index (κ2) is 1.19. The van der Waals surface area contributed by atoms with E-state index in [1.807, 2.05) is 6.92 Å². The van der Waals surface area contributed by atoms with Crippen LogP contribution in [-0.4, -0.2) is 13.0 Å². The van der Waals surface area contributed by atoms with Gasteiger partial charge in [-0.25, -0.2) is 4.39 Å². The molecular formula is C4H7FO. The Hall–Kier alpha value is -0.110. The van der Waals surface area contributed by atoms with Gasteiger partial charge in [0.25, 0.3) is 0 Å². The van der Waals surface area contributed by atoms with E-state index in [0.29, 0.717) is 6.61 Å². The molecule has 0 saturated carbocycles. The first-order valence-electron chi connectivity index (χ1n) is 2.06. The molecule has 0 amide bonds. The van der Waals surface area contributed by atoms with Crippen LogP contribution in [0.25, 0.3) is 0 Å². The van der Waals surface area contributed by atoms with Crippen LogP contribution in [0.2, 0.25) is 0 Å². The van der Waals surface area contributed by atoms with Gasteiger partial charge in [-0.1, -0.05) is 6.92 Å². The minimum Gasteiger partial charge on any atom is -0.347 e. The molecule has 0 radical (unpaired) electrons. The van der Waals surface area contributed by atoms with Gasteiger partial charge < -0.3 is 4.74 Å². The number of rotatable bonds is 0. The molecule has 1 heterocycles. The standard InChI is InChI=1S/C4H7FO/c1-3-2-6-4(3)5/h3-4H,2H2,1H3. The molecule has 36 valence electrons. The average molecular weight is 90.1 g/mol. The summed E-state index contributed by atoms with van der Waals surface area (Å²) in [6, 6.07) is 0. The Balaban J connectivity index is 2.20. The number of halogens is 1. The van der Waals surface area contributed by atoms with Crippen LogP contribution in [-0.2, 0) is 4.74 Å². The lowest BCUT2D eigenvalue weighted by atomic mass is 10.1. The topological polar surface area (TPSA) is 9.23 Å². The summed E-state index contributed by atoms with van der Waals surface area (Å²) in [4.78, 5) is 0. The van der Waals surface area contributed by atoms with Gasteiger partial charge in [0.05, 0.1) is 6.61 Å². The van der Waals surface area contributed by atoms with Gasteiger partial charge in [-0.3, -0.25) is 0 Å². The van der Waals surface area contributed by atoms with Crippen LogP contribution >= 0.6 is 0 Å². The lowest BCUT2D eigenvalue weighted by molar-refractivity contribution is -0.180. The molecule has 0 aromatic carbocycles. The van der Waals surface area contributed by atoms with Gasteiger partial charge in [0, 0.05) is 5.92 Å². The van der Waals surface area contributed by atoms with Crippen LogP contribution in [0.15, 0.2) is 0 Å². The molecule has 1 saturated heterocycles. The van der Waals surface area contributed by atoms with Crippen LogP contribution in [0.3, 0.4) is 0 Å². The largest absolute Gasteiger partial charge is 0.347 e. The Kier molecular flexibility index (Phi) is 0.804. The molecule has 0 N–H and O–H groups in total. The van der Waals surface area contributed by atoms with Crippen LogP contribution in [0.1, 0.15) is 6.92 Å². The second-order valence-electron chi connectivity index (χ2n) is 1.66. The number of hydrogen-bond acceptors (Lipinski definition) is 1. The molecule has 2 unspecified atom stereocenters. The van der Waals surface area contributed by atoms with Crippen molar-refractivity contribution in [2.75, 3.05) is 6.61 Å². The van der Waals surface area contributed by atoms with Gasteiger partial charge in [-0.15, -0.1) is 0 Å². The van der Waals surface area contributed by atoms with E-state index in [-0.39, 0.29) is 5.92 Å². The fourth-order valence-electron chi connectivity index (χ4n) is 0.361. The predicted molar refractivity (Wildman–Crippen MR) is 20.0 cm³/mol. The summed E-state index contributed by atoms with van der Waals surface area (Å²) in [5, 5.41) is 0. The van der Waals surface area contributed by atoms with E-state index < -0.39 is 6.36 Å². The van der Waals surface area contributed by atoms with Crippen LogP contribution in [0.4, 0.5) is 4.39 Å². The zero-order valence-corrected chi connectivity index (χ0v) is 3.65. The van der Waals surface area contributed by atoms with Gasteiger partial charge in [0.2, 0.25) is 6.36 Å². The third-order valence-corrected chi connectivity index (χ3v) is 0.966. The van der Waals surface area contributed by atoms with Crippen LogP contribution < -0.4 is 0 Å². The number of ether oxygens (including phenoxy) is 1. The van der Waals surface area contributed by atoms with Crippen molar-refractivity contribution in [3.8, 4) is 0 Å². The molecule has 0 aliphatic carbocycles.